The van der Waals surface area contributed by atoms with Gasteiger partial charge in [-0.2, -0.15) is 0 Å². The summed E-state index contributed by atoms with van der Waals surface area (Å²) in [6, 6.07) is 22.2. The molecule has 1 N–H and O–H groups in total. The first-order valence-corrected chi connectivity index (χ1v) is 10.8. The normalized spacial score (nSPS) is 18.6. The molecule has 2 atom stereocenters. The third kappa shape index (κ3) is 3.55. The van der Waals surface area contributed by atoms with E-state index in [1.807, 2.05) is 48.7 Å². The standard InChI is InChI=1S/C23H19BrN4OS/c24-16-8-10-17(11-9-16)28-22(21(26-23(28)30)19-6-1-2-12-25-19)20-7-3-13-27(20)15-18-5-4-14-29-18/h1-14,21-22H,15H2,(H,26,30)/t21-,22+/m0/s1. The van der Waals surface area contributed by atoms with Crippen LogP contribution < -0.4 is 10.2 Å². The fraction of sp³-hybridized carbons (Fsp3) is 0.130. The lowest BCUT2D eigenvalue weighted by atomic mass is 10.0. The Bertz CT molecular complexity index is 1140. The molecule has 1 aliphatic rings. The highest BCUT2D eigenvalue weighted by Gasteiger charge is 2.42. The molecule has 1 saturated heterocycles. The molecule has 1 fully saturated rings. The number of halogens is 1. The topological polar surface area (TPSA) is 46.2 Å². The van der Waals surface area contributed by atoms with E-state index in [0.717, 1.165) is 27.3 Å². The predicted molar refractivity (Wildman–Crippen MR) is 124 cm³/mol. The molecule has 150 valence electrons. The smallest absolute Gasteiger partial charge is 0.174 e. The Morgan fingerprint density at radius 1 is 1.03 bits per heavy atom. The number of nitrogens with zero attached hydrogens (tertiary/aromatic N) is 3. The van der Waals surface area contributed by atoms with Crippen molar-refractivity contribution in [2.75, 3.05) is 4.90 Å². The number of thiocarbonyl (C=S) groups is 1. The summed E-state index contributed by atoms with van der Waals surface area (Å²) >= 11 is 9.32. The van der Waals surface area contributed by atoms with Crippen molar-refractivity contribution in [3.8, 4) is 0 Å². The van der Waals surface area contributed by atoms with Crippen molar-refractivity contribution in [2.45, 2.75) is 18.6 Å². The van der Waals surface area contributed by atoms with Gasteiger partial charge in [0, 0.05) is 28.2 Å². The van der Waals surface area contributed by atoms with Crippen molar-refractivity contribution < 1.29 is 4.42 Å². The molecule has 5 rings (SSSR count). The van der Waals surface area contributed by atoms with Gasteiger partial charge in [0.2, 0.25) is 0 Å². The number of anilines is 1. The van der Waals surface area contributed by atoms with Crippen LogP contribution in [0.4, 0.5) is 5.69 Å². The number of hydrogen-bond donors (Lipinski definition) is 1. The molecule has 0 aliphatic carbocycles. The molecule has 0 radical (unpaired) electrons. The summed E-state index contributed by atoms with van der Waals surface area (Å²) < 4.78 is 8.83. The second-order valence-corrected chi connectivity index (χ2v) is 8.42. The largest absolute Gasteiger partial charge is 0.467 e. The molecule has 0 spiro atoms. The molecule has 5 nitrogen and oxygen atoms in total. The SMILES string of the molecule is S=C1N[C@@H](c2ccccn2)[C@@H](c2cccn2Cc2ccco2)N1c1ccc(Br)cc1. The van der Waals surface area contributed by atoms with Gasteiger partial charge in [-0.3, -0.25) is 4.98 Å². The lowest BCUT2D eigenvalue weighted by Gasteiger charge is -2.29. The maximum Gasteiger partial charge on any atom is 0.174 e. The molecule has 1 aliphatic heterocycles. The van der Waals surface area contributed by atoms with Crippen LogP contribution in [0, 0.1) is 0 Å². The summed E-state index contributed by atoms with van der Waals surface area (Å²) in [6.45, 7) is 0.654. The second kappa shape index (κ2) is 8.08. The van der Waals surface area contributed by atoms with E-state index in [9.17, 15) is 0 Å². The van der Waals surface area contributed by atoms with Gasteiger partial charge >= 0.3 is 0 Å². The third-order valence-corrected chi connectivity index (χ3v) is 6.12. The zero-order valence-corrected chi connectivity index (χ0v) is 18.4. The fourth-order valence-corrected chi connectivity index (χ4v) is 4.56. The van der Waals surface area contributed by atoms with Crippen LogP contribution in [-0.2, 0) is 6.54 Å². The maximum atomic E-state index is 5.79. The predicted octanol–water partition coefficient (Wildman–Crippen LogP) is 5.46. The molecule has 1 aromatic carbocycles. The number of rotatable bonds is 5. The molecule has 0 amide bonds. The van der Waals surface area contributed by atoms with Crippen LogP contribution in [0.5, 0.6) is 0 Å². The quantitative estimate of drug-likeness (QED) is 0.385. The van der Waals surface area contributed by atoms with Crippen molar-refractivity contribution in [1.29, 1.82) is 0 Å². The average Bonchev–Trinajstić information content (AvgIpc) is 3.50. The molecule has 4 heterocycles. The van der Waals surface area contributed by atoms with Crippen molar-refractivity contribution in [3.63, 3.8) is 0 Å². The first-order chi connectivity index (χ1) is 14.7. The van der Waals surface area contributed by atoms with Gasteiger partial charge < -0.3 is 19.2 Å². The Morgan fingerprint density at radius 2 is 1.90 bits per heavy atom. The van der Waals surface area contributed by atoms with E-state index >= 15 is 0 Å². The lowest BCUT2D eigenvalue weighted by Crippen LogP contribution is -2.30. The summed E-state index contributed by atoms with van der Waals surface area (Å²) in [7, 11) is 0. The summed E-state index contributed by atoms with van der Waals surface area (Å²) in [5, 5.41) is 4.19. The Kier molecular flexibility index (Phi) is 5.14. The van der Waals surface area contributed by atoms with E-state index in [1.54, 1.807) is 6.26 Å². The number of pyridine rings is 1. The summed E-state index contributed by atoms with van der Waals surface area (Å²) in [4.78, 5) is 6.79. The van der Waals surface area contributed by atoms with E-state index in [2.05, 4.69) is 66.2 Å². The molecular formula is C23H19BrN4OS. The zero-order valence-electron chi connectivity index (χ0n) is 16.0. The molecule has 0 bridgehead atoms. The Labute approximate surface area is 188 Å². The van der Waals surface area contributed by atoms with Gasteiger partial charge in [0.15, 0.2) is 5.11 Å². The van der Waals surface area contributed by atoms with Crippen LogP contribution in [0.25, 0.3) is 0 Å². The van der Waals surface area contributed by atoms with Crippen molar-refractivity contribution in [1.82, 2.24) is 14.9 Å². The van der Waals surface area contributed by atoms with Crippen LogP contribution in [0.15, 0.2) is 94.3 Å². The summed E-state index contributed by atoms with van der Waals surface area (Å²) in [5.41, 5.74) is 3.12. The van der Waals surface area contributed by atoms with E-state index in [4.69, 9.17) is 16.6 Å². The van der Waals surface area contributed by atoms with Gasteiger partial charge in [0.1, 0.15) is 11.8 Å². The average molecular weight is 479 g/mol. The van der Waals surface area contributed by atoms with E-state index in [1.165, 1.54) is 0 Å². The summed E-state index contributed by atoms with van der Waals surface area (Å²) in [5.74, 6) is 0.908. The van der Waals surface area contributed by atoms with Gasteiger partial charge in [-0.1, -0.05) is 22.0 Å². The molecule has 30 heavy (non-hydrogen) atoms. The maximum absolute atomic E-state index is 5.79. The minimum Gasteiger partial charge on any atom is -0.467 e. The van der Waals surface area contributed by atoms with E-state index < -0.39 is 0 Å². The number of aromatic nitrogens is 2. The summed E-state index contributed by atoms with van der Waals surface area (Å²) in [6.07, 6.45) is 5.60. The highest BCUT2D eigenvalue weighted by atomic mass is 79.9. The Balaban J connectivity index is 1.60. The van der Waals surface area contributed by atoms with Gasteiger partial charge in [0.05, 0.1) is 24.5 Å². The van der Waals surface area contributed by atoms with Crippen molar-refractivity contribution >= 4 is 38.9 Å². The van der Waals surface area contributed by atoms with Gasteiger partial charge in [0.25, 0.3) is 0 Å². The minimum absolute atomic E-state index is 0.0569. The highest BCUT2D eigenvalue weighted by Crippen LogP contribution is 2.41. The van der Waals surface area contributed by atoms with Gasteiger partial charge in [-0.25, -0.2) is 0 Å². The van der Waals surface area contributed by atoms with E-state index in [0.29, 0.717) is 11.7 Å². The molecule has 0 unspecified atom stereocenters. The van der Waals surface area contributed by atoms with Crippen LogP contribution in [0.3, 0.4) is 0 Å². The first-order valence-electron chi connectivity index (χ1n) is 9.64. The molecule has 7 heteroatoms. The van der Waals surface area contributed by atoms with Gasteiger partial charge in [-0.05, 0) is 72.9 Å². The Morgan fingerprint density at radius 3 is 2.63 bits per heavy atom. The number of hydrogen-bond acceptors (Lipinski definition) is 3. The highest BCUT2D eigenvalue weighted by molar-refractivity contribution is 9.10. The molecule has 4 aromatic rings. The van der Waals surface area contributed by atoms with Crippen molar-refractivity contribution in [2.24, 2.45) is 0 Å². The van der Waals surface area contributed by atoms with Crippen LogP contribution in [0.1, 0.15) is 29.2 Å². The zero-order chi connectivity index (χ0) is 20.5. The van der Waals surface area contributed by atoms with E-state index in [-0.39, 0.29) is 12.1 Å². The number of furan rings is 1. The van der Waals surface area contributed by atoms with Gasteiger partial charge in [-0.15, -0.1) is 0 Å². The fourth-order valence-electron chi connectivity index (χ4n) is 3.95. The van der Waals surface area contributed by atoms with Crippen molar-refractivity contribution in [3.05, 3.63) is 107 Å². The third-order valence-electron chi connectivity index (χ3n) is 5.28. The first kappa shape index (κ1) is 19.1. The number of benzene rings is 1. The monoisotopic (exact) mass is 478 g/mol. The second-order valence-electron chi connectivity index (χ2n) is 7.11. The van der Waals surface area contributed by atoms with Crippen LogP contribution >= 0.6 is 28.1 Å². The molecule has 0 saturated carbocycles. The van der Waals surface area contributed by atoms with Crippen LogP contribution in [0.2, 0.25) is 0 Å². The lowest BCUT2D eigenvalue weighted by molar-refractivity contribution is 0.475. The van der Waals surface area contributed by atoms with Crippen LogP contribution in [-0.4, -0.2) is 14.7 Å². The molecular weight excluding hydrogens is 460 g/mol. The Hall–Kier alpha value is -2.90. The minimum atomic E-state index is -0.0763. The molecule has 3 aromatic heterocycles. The number of nitrogens with one attached hydrogen (secondary N) is 1.